The largest absolute Gasteiger partial charge is 0.444 e. The van der Waals surface area contributed by atoms with Crippen LogP contribution in [0.1, 0.15) is 46.6 Å². The summed E-state index contributed by atoms with van der Waals surface area (Å²) in [6.07, 6.45) is 0.622. The van der Waals surface area contributed by atoms with Gasteiger partial charge in [0.25, 0.3) is 0 Å². The molecule has 2 N–H and O–H groups in total. The Morgan fingerprint density at radius 2 is 1.79 bits per heavy atom. The number of anilines is 1. The molecular formula is C19H31N3O2. The summed E-state index contributed by atoms with van der Waals surface area (Å²) in [6, 6.07) is 9.19. The van der Waals surface area contributed by atoms with Gasteiger partial charge in [-0.2, -0.15) is 0 Å². The molecule has 1 amide bonds. The van der Waals surface area contributed by atoms with Crippen molar-refractivity contribution in [2.75, 3.05) is 18.0 Å². The van der Waals surface area contributed by atoms with E-state index in [1.165, 1.54) is 11.3 Å². The van der Waals surface area contributed by atoms with Crippen LogP contribution in [-0.4, -0.2) is 36.9 Å². The molecule has 1 saturated carbocycles. The van der Waals surface area contributed by atoms with Crippen LogP contribution in [0.4, 0.5) is 10.5 Å². The Morgan fingerprint density at radius 1 is 1.17 bits per heavy atom. The van der Waals surface area contributed by atoms with Crippen LogP contribution in [0.2, 0.25) is 0 Å². The molecule has 0 bridgehead atoms. The van der Waals surface area contributed by atoms with Crippen molar-refractivity contribution in [1.29, 1.82) is 0 Å². The number of nitrogens with zero attached hydrogens (tertiary/aromatic N) is 1. The monoisotopic (exact) mass is 333 g/mol. The van der Waals surface area contributed by atoms with Crippen LogP contribution >= 0.6 is 0 Å². The van der Waals surface area contributed by atoms with Gasteiger partial charge in [0.05, 0.1) is 0 Å². The van der Waals surface area contributed by atoms with Crippen molar-refractivity contribution in [3.05, 3.63) is 29.8 Å². The van der Waals surface area contributed by atoms with Gasteiger partial charge < -0.3 is 20.3 Å². The maximum Gasteiger partial charge on any atom is 0.407 e. The predicted octanol–water partition coefficient (Wildman–Crippen LogP) is 3.29. The SMILES string of the molecule is CCN(CC)c1ccc(CNC2CC2NC(=O)OC(C)(C)C)cc1. The molecule has 24 heavy (non-hydrogen) atoms. The number of rotatable bonds is 7. The van der Waals surface area contributed by atoms with Gasteiger partial charge in [0.15, 0.2) is 0 Å². The predicted molar refractivity (Wildman–Crippen MR) is 98.4 cm³/mol. The second-order valence-electron chi connectivity index (χ2n) is 7.31. The van der Waals surface area contributed by atoms with Gasteiger partial charge in [-0.25, -0.2) is 4.79 Å². The van der Waals surface area contributed by atoms with E-state index in [0.29, 0.717) is 6.04 Å². The summed E-state index contributed by atoms with van der Waals surface area (Å²) in [5.41, 5.74) is 2.07. The Hall–Kier alpha value is -1.75. The molecule has 0 aromatic heterocycles. The van der Waals surface area contributed by atoms with Gasteiger partial charge in [-0.05, 0) is 58.7 Å². The lowest BCUT2D eigenvalue weighted by Crippen LogP contribution is -2.36. The first-order valence-electron chi connectivity index (χ1n) is 8.89. The molecule has 5 nitrogen and oxygen atoms in total. The van der Waals surface area contributed by atoms with E-state index >= 15 is 0 Å². The van der Waals surface area contributed by atoms with Crippen molar-refractivity contribution >= 4 is 11.8 Å². The second kappa shape index (κ2) is 7.88. The molecular weight excluding hydrogens is 302 g/mol. The summed E-state index contributed by atoms with van der Waals surface area (Å²) < 4.78 is 5.27. The van der Waals surface area contributed by atoms with E-state index in [1.54, 1.807) is 0 Å². The Morgan fingerprint density at radius 3 is 2.33 bits per heavy atom. The summed E-state index contributed by atoms with van der Waals surface area (Å²) in [4.78, 5) is 14.1. The van der Waals surface area contributed by atoms with E-state index in [9.17, 15) is 4.79 Å². The Balaban J connectivity index is 1.72. The first-order chi connectivity index (χ1) is 11.3. The van der Waals surface area contributed by atoms with Crippen molar-refractivity contribution in [1.82, 2.24) is 10.6 Å². The highest BCUT2D eigenvalue weighted by Crippen LogP contribution is 2.23. The van der Waals surface area contributed by atoms with Crippen LogP contribution in [0.5, 0.6) is 0 Å². The molecule has 2 unspecified atom stereocenters. The highest BCUT2D eigenvalue weighted by Gasteiger charge is 2.38. The number of nitrogens with one attached hydrogen (secondary N) is 2. The first-order valence-corrected chi connectivity index (χ1v) is 8.89. The van der Waals surface area contributed by atoms with E-state index in [1.807, 2.05) is 20.8 Å². The zero-order valence-electron chi connectivity index (χ0n) is 15.6. The van der Waals surface area contributed by atoms with Gasteiger partial charge in [-0.15, -0.1) is 0 Å². The lowest BCUT2D eigenvalue weighted by molar-refractivity contribution is 0.0522. The third kappa shape index (κ3) is 5.71. The van der Waals surface area contributed by atoms with E-state index in [4.69, 9.17) is 4.74 Å². The molecule has 1 aromatic carbocycles. The van der Waals surface area contributed by atoms with Crippen LogP contribution in [0.25, 0.3) is 0 Å². The zero-order chi connectivity index (χ0) is 17.7. The van der Waals surface area contributed by atoms with Crippen LogP contribution in [0.15, 0.2) is 24.3 Å². The minimum Gasteiger partial charge on any atom is -0.444 e. The number of carbonyl (C=O) groups is 1. The van der Waals surface area contributed by atoms with Gasteiger partial charge in [-0.1, -0.05) is 12.1 Å². The number of alkyl carbamates (subject to hydrolysis) is 1. The lowest BCUT2D eigenvalue weighted by atomic mass is 10.2. The topological polar surface area (TPSA) is 53.6 Å². The molecule has 1 aromatic rings. The summed E-state index contributed by atoms with van der Waals surface area (Å²) in [5, 5.41) is 6.39. The van der Waals surface area contributed by atoms with Crippen LogP contribution in [0, 0.1) is 0 Å². The number of hydrogen-bond donors (Lipinski definition) is 2. The third-order valence-corrected chi connectivity index (χ3v) is 4.13. The number of amides is 1. The first kappa shape index (κ1) is 18.6. The fourth-order valence-corrected chi connectivity index (χ4v) is 2.70. The molecule has 1 fully saturated rings. The highest BCUT2D eigenvalue weighted by atomic mass is 16.6. The van der Waals surface area contributed by atoms with Crippen molar-refractivity contribution < 1.29 is 9.53 Å². The van der Waals surface area contributed by atoms with Gasteiger partial charge >= 0.3 is 6.09 Å². The number of carbonyl (C=O) groups excluding carboxylic acids is 1. The van der Waals surface area contributed by atoms with Gasteiger partial charge in [0.2, 0.25) is 0 Å². The third-order valence-electron chi connectivity index (χ3n) is 4.13. The minimum absolute atomic E-state index is 0.176. The molecule has 5 heteroatoms. The van der Waals surface area contributed by atoms with Gasteiger partial charge in [0.1, 0.15) is 5.60 Å². The molecule has 1 aliphatic rings. The summed E-state index contributed by atoms with van der Waals surface area (Å²) in [6.45, 7) is 12.8. The van der Waals surface area contributed by atoms with Gasteiger partial charge in [0, 0.05) is 37.4 Å². The van der Waals surface area contributed by atoms with E-state index in [2.05, 4.69) is 53.6 Å². The minimum atomic E-state index is -0.450. The average Bonchev–Trinajstić information content (AvgIpc) is 3.23. The number of benzene rings is 1. The summed E-state index contributed by atoms with van der Waals surface area (Å²) >= 11 is 0. The lowest BCUT2D eigenvalue weighted by Gasteiger charge is -2.21. The molecule has 0 heterocycles. The van der Waals surface area contributed by atoms with Crippen LogP contribution in [0.3, 0.4) is 0 Å². The molecule has 2 rings (SSSR count). The van der Waals surface area contributed by atoms with Crippen molar-refractivity contribution in [3.63, 3.8) is 0 Å². The molecule has 0 spiro atoms. The fraction of sp³-hybridized carbons (Fsp3) is 0.632. The van der Waals surface area contributed by atoms with Gasteiger partial charge in [-0.3, -0.25) is 0 Å². The molecule has 0 radical (unpaired) electrons. The van der Waals surface area contributed by atoms with E-state index in [-0.39, 0.29) is 12.1 Å². The summed E-state index contributed by atoms with van der Waals surface area (Å²) in [7, 11) is 0. The Labute approximate surface area is 145 Å². The average molecular weight is 333 g/mol. The molecule has 0 aliphatic heterocycles. The van der Waals surface area contributed by atoms with Crippen molar-refractivity contribution in [2.24, 2.45) is 0 Å². The highest BCUT2D eigenvalue weighted by molar-refractivity contribution is 5.68. The standard InChI is InChI=1S/C19H31N3O2/c1-6-22(7-2)15-10-8-14(9-11-15)13-20-16-12-17(16)21-18(23)24-19(3,4)5/h8-11,16-17,20H,6-7,12-13H2,1-5H3,(H,21,23). The maximum atomic E-state index is 11.7. The smallest absolute Gasteiger partial charge is 0.407 e. The molecule has 1 aliphatic carbocycles. The molecule has 2 atom stereocenters. The molecule has 134 valence electrons. The Bertz CT molecular complexity index is 533. The van der Waals surface area contributed by atoms with Crippen molar-refractivity contribution in [2.45, 2.75) is 65.3 Å². The normalized spacial score (nSPS) is 19.7. The maximum absolute atomic E-state index is 11.7. The quantitative estimate of drug-likeness (QED) is 0.804. The zero-order valence-corrected chi connectivity index (χ0v) is 15.6. The Kier molecular flexibility index (Phi) is 6.10. The van der Waals surface area contributed by atoms with Crippen LogP contribution < -0.4 is 15.5 Å². The van der Waals surface area contributed by atoms with E-state index in [0.717, 1.165) is 26.1 Å². The van der Waals surface area contributed by atoms with E-state index < -0.39 is 5.60 Å². The van der Waals surface area contributed by atoms with Crippen molar-refractivity contribution in [3.8, 4) is 0 Å². The number of ether oxygens (including phenoxy) is 1. The molecule has 0 saturated heterocycles. The van der Waals surface area contributed by atoms with Crippen LogP contribution in [-0.2, 0) is 11.3 Å². The fourth-order valence-electron chi connectivity index (χ4n) is 2.70. The number of hydrogen-bond acceptors (Lipinski definition) is 4. The second-order valence-corrected chi connectivity index (χ2v) is 7.31. The summed E-state index contributed by atoms with van der Waals surface area (Å²) in [5.74, 6) is 0.